The summed E-state index contributed by atoms with van der Waals surface area (Å²) < 4.78 is 25.0. The first kappa shape index (κ1) is 19.9. The van der Waals surface area contributed by atoms with Crippen LogP contribution in [0.25, 0.3) is 0 Å². The van der Waals surface area contributed by atoms with Gasteiger partial charge in [-0.3, -0.25) is 4.79 Å². The van der Waals surface area contributed by atoms with E-state index in [4.69, 9.17) is 0 Å². The average Bonchev–Trinajstić information content (AvgIpc) is 3.17. The summed E-state index contributed by atoms with van der Waals surface area (Å²) in [6.45, 7) is 1.94. The Kier molecular flexibility index (Phi) is 5.98. The molecular formula is C18H23N5O4S. The summed E-state index contributed by atoms with van der Waals surface area (Å²) in [7, 11) is -3.06. The monoisotopic (exact) mass is 405 g/mol. The Bertz CT molecular complexity index is 956. The van der Waals surface area contributed by atoms with Crippen LogP contribution in [0.2, 0.25) is 0 Å². The topological polar surface area (TPSA) is 122 Å². The van der Waals surface area contributed by atoms with Crippen LogP contribution >= 0.6 is 0 Å². The van der Waals surface area contributed by atoms with Gasteiger partial charge in [-0.15, -0.1) is 0 Å². The van der Waals surface area contributed by atoms with Crippen molar-refractivity contribution in [1.29, 1.82) is 0 Å². The first-order valence-electron chi connectivity index (χ1n) is 8.99. The minimum absolute atomic E-state index is 0.0260. The minimum Gasteiger partial charge on any atom is -0.337 e. The molecule has 1 aromatic carbocycles. The molecule has 0 aliphatic carbocycles. The van der Waals surface area contributed by atoms with E-state index in [1.54, 1.807) is 29.8 Å². The number of aromatic nitrogens is 2. The van der Waals surface area contributed by atoms with Crippen molar-refractivity contribution in [3.8, 4) is 0 Å². The van der Waals surface area contributed by atoms with Crippen LogP contribution < -0.4 is 16.0 Å². The summed E-state index contributed by atoms with van der Waals surface area (Å²) in [5, 5.41) is 12.4. The SMILES string of the molecule is Cc1cc(NC(=O)CCNC(=O)Nc2ccccc2)n(C2CCS(=O)(=O)C2)n1. The van der Waals surface area contributed by atoms with E-state index < -0.39 is 15.9 Å². The number of benzene rings is 1. The largest absolute Gasteiger partial charge is 0.337 e. The summed E-state index contributed by atoms with van der Waals surface area (Å²) in [4.78, 5) is 24.0. The summed E-state index contributed by atoms with van der Waals surface area (Å²) >= 11 is 0. The second-order valence-electron chi connectivity index (χ2n) is 6.72. The fourth-order valence-electron chi connectivity index (χ4n) is 3.05. The number of amides is 3. The molecule has 1 saturated heterocycles. The summed E-state index contributed by atoms with van der Waals surface area (Å²) in [5.74, 6) is 0.336. The van der Waals surface area contributed by atoms with Gasteiger partial charge in [-0.25, -0.2) is 17.9 Å². The molecule has 1 fully saturated rings. The van der Waals surface area contributed by atoms with E-state index in [0.29, 0.717) is 23.6 Å². The van der Waals surface area contributed by atoms with Crippen molar-refractivity contribution in [2.75, 3.05) is 28.7 Å². The number of nitrogens with one attached hydrogen (secondary N) is 3. The lowest BCUT2D eigenvalue weighted by Crippen LogP contribution is -2.31. The number of sulfone groups is 1. The van der Waals surface area contributed by atoms with Crippen LogP contribution in [0.4, 0.5) is 16.3 Å². The fraction of sp³-hybridized carbons (Fsp3) is 0.389. The molecule has 1 atom stereocenters. The van der Waals surface area contributed by atoms with Crippen LogP contribution in [0.5, 0.6) is 0 Å². The second kappa shape index (κ2) is 8.42. The van der Waals surface area contributed by atoms with Gasteiger partial charge in [0, 0.05) is 24.7 Å². The standard InChI is InChI=1S/C18H23N5O4S/c1-13-11-16(23(22-13)15-8-10-28(26,27)12-15)21-17(24)7-9-19-18(25)20-14-5-3-2-4-6-14/h2-6,11,15H,7-10,12H2,1H3,(H,21,24)(H2,19,20,25). The third kappa shape index (κ3) is 5.32. The highest BCUT2D eigenvalue weighted by molar-refractivity contribution is 7.91. The molecule has 3 rings (SSSR count). The van der Waals surface area contributed by atoms with Gasteiger partial charge < -0.3 is 16.0 Å². The van der Waals surface area contributed by atoms with Gasteiger partial charge in [0.05, 0.1) is 23.2 Å². The molecule has 0 saturated carbocycles. The van der Waals surface area contributed by atoms with E-state index in [0.717, 1.165) is 0 Å². The molecule has 10 heteroatoms. The highest BCUT2D eigenvalue weighted by atomic mass is 32.2. The van der Waals surface area contributed by atoms with E-state index in [9.17, 15) is 18.0 Å². The first-order chi connectivity index (χ1) is 13.3. The van der Waals surface area contributed by atoms with Crippen molar-refractivity contribution in [2.45, 2.75) is 25.8 Å². The van der Waals surface area contributed by atoms with Gasteiger partial charge in [-0.1, -0.05) is 18.2 Å². The molecule has 1 unspecified atom stereocenters. The van der Waals surface area contributed by atoms with Crippen molar-refractivity contribution in [3.63, 3.8) is 0 Å². The molecule has 0 spiro atoms. The number of aryl methyl sites for hydroxylation is 1. The summed E-state index contributed by atoms with van der Waals surface area (Å²) in [5.41, 5.74) is 1.36. The molecular weight excluding hydrogens is 382 g/mol. The maximum atomic E-state index is 12.2. The average molecular weight is 405 g/mol. The maximum Gasteiger partial charge on any atom is 0.319 e. The molecule has 9 nitrogen and oxygen atoms in total. The highest BCUT2D eigenvalue weighted by Crippen LogP contribution is 2.27. The first-order valence-corrected chi connectivity index (χ1v) is 10.8. The van der Waals surface area contributed by atoms with Crippen molar-refractivity contribution in [1.82, 2.24) is 15.1 Å². The zero-order valence-electron chi connectivity index (χ0n) is 15.5. The molecule has 3 N–H and O–H groups in total. The zero-order valence-corrected chi connectivity index (χ0v) is 16.3. The lowest BCUT2D eigenvalue weighted by molar-refractivity contribution is -0.116. The van der Waals surface area contributed by atoms with Crippen LogP contribution in [0.15, 0.2) is 36.4 Å². The van der Waals surface area contributed by atoms with Crippen LogP contribution in [0.3, 0.4) is 0 Å². The number of urea groups is 1. The second-order valence-corrected chi connectivity index (χ2v) is 8.95. The third-order valence-corrected chi connectivity index (χ3v) is 6.10. The van der Waals surface area contributed by atoms with Gasteiger partial charge in [0.25, 0.3) is 0 Å². The van der Waals surface area contributed by atoms with Gasteiger partial charge in [0.15, 0.2) is 9.84 Å². The lowest BCUT2D eigenvalue weighted by atomic mass is 10.3. The Hall–Kier alpha value is -2.88. The number of para-hydroxylation sites is 1. The van der Waals surface area contributed by atoms with Crippen LogP contribution in [0.1, 0.15) is 24.6 Å². The Morgan fingerprint density at radius 3 is 2.64 bits per heavy atom. The highest BCUT2D eigenvalue weighted by Gasteiger charge is 2.31. The van der Waals surface area contributed by atoms with Crippen LogP contribution in [-0.4, -0.2) is 48.2 Å². The predicted octanol–water partition coefficient (Wildman–Crippen LogP) is 1.70. The number of rotatable bonds is 6. The number of nitrogens with zero attached hydrogens (tertiary/aromatic N) is 2. The molecule has 2 aromatic rings. The molecule has 150 valence electrons. The number of carbonyl (C=O) groups is 2. The van der Waals surface area contributed by atoms with Gasteiger partial charge in [-0.2, -0.15) is 5.10 Å². The third-order valence-electron chi connectivity index (χ3n) is 4.35. The molecule has 1 aromatic heterocycles. The minimum atomic E-state index is -3.06. The van der Waals surface area contributed by atoms with Crippen LogP contribution in [0, 0.1) is 6.92 Å². The van der Waals surface area contributed by atoms with Gasteiger partial charge in [-0.05, 0) is 25.5 Å². The smallest absolute Gasteiger partial charge is 0.319 e. The predicted molar refractivity (Wildman–Crippen MR) is 106 cm³/mol. The van der Waals surface area contributed by atoms with Crippen molar-refractivity contribution >= 4 is 33.3 Å². The van der Waals surface area contributed by atoms with Crippen molar-refractivity contribution < 1.29 is 18.0 Å². The maximum absolute atomic E-state index is 12.2. The number of anilines is 2. The van der Waals surface area contributed by atoms with Crippen molar-refractivity contribution in [2.24, 2.45) is 0 Å². The number of carbonyl (C=O) groups excluding carboxylic acids is 2. The Morgan fingerprint density at radius 2 is 1.96 bits per heavy atom. The van der Waals surface area contributed by atoms with Crippen molar-refractivity contribution in [3.05, 3.63) is 42.1 Å². The summed E-state index contributed by atoms with van der Waals surface area (Å²) in [6, 6.07) is 10.0. The summed E-state index contributed by atoms with van der Waals surface area (Å²) in [6.07, 6.45) is 0.558. The quantitative estimate of drug-likeness (QED) is 0.675. The fourth-order valence-corrected chi connectivity index (χ4v) is 4.74. The Morgan fingerprint density at radius 1 is 1.21 bits per heavy atom. The van der Waals surface area contributed by atoms with Gasteiger partial charge in [0.1, 0.15) is 5.82 Å². The van der Waals surface area contributed by atoms with E-state index in [2.05, 4.69) is 21.0 Å². The van der Waals surface area contributed by atoms with E-state index in [1.165, 1.54) is 0 Å². The van der Waals surface area contributed by atoms with E-state index >= 15 is 0 Å². The molecule has 0 bridgehead atoms. The van der Waals surface area contributed by atoms with Gasteiger partial charge >= 0.3 is 6.03 Å². The molecule has 1 aliphatic heterocycles. The molecule has 2 heterocycles. The molecule has 28 heavy (non-hydrogen) atoms. The van der Waals surface area contributed by atoms with E-state index in [1.807, 2.05) is 18.2 Å². The number of hydrogen-bond acceptors (Lipinski definition) is 5. The lowest BCUT2D eigenvalue weighted by Gasteiger charge is -2.14. The number of hydrogen-bond donors (Lipinski definition) is 3. The van der Waals surface area contributed by atoms with Gasteiger partial charge in [0.2, 0.25) is 5.91 Å². The zero-order chi connectivity index (χ0) is 20.1. The van der Waals surface area contributed by atoms with E-state index in [-0.39, 0.29) is 36.4 Å². The Labute approximate surface area is 163 Å². The molecule has 1 aliphatic rings. The molecule has 0 radical (unpaired) electrons. The Balaban J connectivity index is 1.49. The van der Waals surface area contributed by atoms with Crippen LogP contribution in [-0.2, 0) is 14.6 Å². The molecule has 3 amide bonds. The normalized spacial score (nSPS) is 17.8.